The average molecular weight is 307 g/mol. The Morgan fingerprint density at radius 3 is 2.75 bits per heavy atom. The highest BCUT2D eigenvalue weighted by Crippen LogP contribution is 2.43. The third-order valence-electron chi connectivity index (χ3n) is 5.76. The second-order valence-electron chi connectivity index (χ2n) is 7.01. The van der Waals surface area contributed by atoms with Gasteiger partial charge in [-0.25, -0.2) is 0 Å². The van der Waals surface area contributed by atoms with Crippen LogP contribution >= 0.6 is 0 Å². The van der Waals surface area contributed by atoms with Gasteiger partial charge < -0.3 is 0 Å². The fourth-order valence-corrected chi connectivity index (χ4v) is 4.74. The summed E-state index contributed by atoms with van der Waals surface area (Å²) in [6, 6.07) is 9.29. The van der Waals surface area contributed by atoms with Crippen LogP contribution in [0.3, 0.4) is 0 Å². The summed E-state index contributed by atoms with van der Waals surface area (Å²) < 4.78 is 0. The van der Waals surface area contributed by atoms with Crippen molar-refractivity contribution >= 4 is 44.6 Å². The van der Waals surface area contributed by atoms with E-state index in [4.69, 9.17) is 4.98 Å². The Morgan fingerprint density at radius 2 is 1.83 bits per heavy atom. The highest BCUT2D eigenvalue weighted by molar-refractivity contribution is 6.26. The summed E-state index contributed by atoms with van der Waals surface area (Å²) in [5.74, 6) is 0. The van der Waals surface area contributed by atoms with Crippen molar-refractivity contribution in [1.29, 1.82) is 0 Å². The molecule has 3 aromatic carbocycles. The fourth-order valence-electron chi connectivity index (χ4n) is 4.74. The molecule has 0 N–H and O–H groups in total. The van der Waals surface area contributed by atoms with E-state index in [1.165, 1.54) is 60.4 Å². The lowest BCUT2D eigenvalue weighted by molar-refractivity contribution is 1.12. The lowest BCUT2D eigenvalue weighted by atomic mass is 9.82. The van der Waals surface area contributed by atoms with Crippen LogP contribution < -0.4 is 0 Å². The minimum Gasteiger partial charge on any atom is -0.252 e. The molecule has 0 saturated carbocycles. The van der Waals surface area contributed by atoms with Crippen molar-refractivity contribution in [2.45, 2.75) is 26.2 Å². The molecule has 1 nitrogen and oxygen atoms in total. The molecule has 0 unspecified atom stereocenters. The third kappa shape index (κ3) is 1.39. The molecule has 114 valence electrons. The van der Waals surface area contributed by atoms with Crippen molar-refractivity contribution in [3.05, 3.63) is 64.4 Å². The zero-order chi connectivity index (χ0) is 15.8. The molecule has 2 aliphatic carbocycles. The van der Waals surface area contributed by atoms with Crippen LogP contribution in [0.2, 0.25) is 0 Å². The SMILES string of the molecule is CCc1cc2nc3c4c(ccc5cc6c(c1C=CC6)c2c54)C=CC3. The van der Waals surface area contributed by atoms with Crippen LogP contribution in [0.4, 0.5) is 0 Å². The van der Waals surface area contributed by atoms with Gasteiger partial charge in [-0.15, -0.1) is 0 Å². The molecule has 1 heteroatoms. The molecular weight excluding hydrogens is 290 g/mol. The largest absolute Gasteiger partial charge is 0.252 e. The molecule has 0 fully saturated rings. The zero-order valence-corrected chi connectivity index (χ0v) is 13.7. The predicted molar refractivity (Wildman–Crippen MR) is 103 cm³/mol. The fraction of sp³-hybridized carbons (Fsp3) is 0.174. The summed E-state index contributed by atoms with van der Waals surface area (Å²) in [5, 5.41) is 7.00. The van der Waals surface area contributed by atoms with E-state index in [1.807, 2.05) is 0 Å². The van der Waals surface area contributed by atoms with Gasteiger partial charge >= 0.3 is 0 Å². The third-order valence-corrected chi connectivity index (χ3v) is 5.76. The number of rotatable bonds is 1. The molecule has 0 bridgehead atoms. The van der Waals surface area contributed by atoms with Crippen LogP contribution in [0.5, 0.6) is 0 Å². The summed E-state index contributed by atoms with van der Waals surface area (Å²) in [6.45, 7) is 2.25. The summed E-state index contributed by atoms with van der Waals surface area (Å²) in [5.41, 5.74) is 8.04. The quantitative estimate of drug-likeness (QED) is 0.412. The molecule has 4 aromatic rings. The molecule has 6 rings (SSSR count). The Labute approximate surface area is 140 Å². The van der Waals surface area contributed by atoms with E-state index in [2.05, 4.69) is 55.5 Å². The second kappa shape index (κ2) is 4.24. The Morgan fingerprint density at radius 1 is 0.917 bits per heavy atom. The topological polar surface area (TPSA) is 12.9 Å². The van der Waals surface area contributed by atoms with E-state index in [0.717, 1.165) is 19.3 Å². The molecular formula is C23H17N. The van der Waals surface area contributed by atoms with E-state index in [-0.39, 0.29) is 0 Å². The first-order chi connectivity index (χ1) is 11.8. The maximum absolute atomic E-state index is 5.11. The second-order valence-corrected chi connectivity index (χ2v) is 7.01. The van der Waals surface area contributed by atoms with Gasteiger partial charge in [-0.2, -0.15) is 0 Å². The molecule has 1 aromatic heterocycles. The molecule has 1 heterocycles. The van der Waals surface area contributed by atoms with Crippen molar-refractivity contribution in [3.8, 4) is 0 Å². The van der Waals surface area contributed by atoms with Gasteiger partial charge in [0.05, 0.1) is 11.2 Å². The minimum atomic E-state index is 0.942. The van der Waals surface area contributed by atoms with E-state index in [0.29, 0.717) is 0 Å². The first kappa shape index (κ1) is 12.7. The number of nitrogens with zero attached hydrogens (tertiary/aromatic N) is 1. The zero-order valence-electron chi connectivity index (χ0n) is 13.7. The standard InChI is InChI=1S/C23H17N/c1-2-13-12-19-23-20-15(6-3-7-17(13)20)11-16-10-9-14-5-4-8-18(24-19)21(14)22(16)23/h3-5,7,9-12H,2,6,8H2,1H3. The van der Waals surface area contributed by atoms with Crippen molar-refractivity contribution < 1.29 is 0 Å². The Hall–Kier alpha value is -2.67. The number of hydrogen-bond acceptors (Lipinski definition) is 1. The summed E-state index contributed by atoms with van der Waals surface area (Å²) in [7, 11) is 0. The Kier molecular flexibility index (Phi) is 2.25. The van der Waals surface area contributed by atoms with Crippen molar-refractivity contribution in [2.75, 3.05) is 0 Å². The molecule has 0 aliphatic heterocycles. The maximum Gasteiger partial charge on any atom is 0.0721 e. The van der Waals surface area contributed by atoms with Crippen LogP contribution in [-0.4, -0.2) is 4.98 Å². The van der Waals surface area contributed by atoms with Crippen LogP contribution in [-0.2, 0) is 19.3 Å². The summed E-state index contributed by atoms with van der Waals surface area (Å²) >= 11 is 0. The molecule has 24 heavy (non-hydrogen) atoms. The van der Waals surface area contributed by atoms with Crippen LogP contribution in [0.25, 0.3) is 44.6 Å². The molecule has 0 radical (unpaired) electrons. The van der Waals surface area contributed by atoms with Crippen LogP contribution in [0.1, 0.15) is 34.9 Å². The number of benzene rings is 3. The predicted octanol–water partition coefficient (Wildman–Crippen LogP) is 5.68. The van der Waals surface area contributed by atoms with Crippen molar-refractivity contribution in [3.63, 3.8) is 0 Å². The number of pyridine rings is 1. The maximum atomic E-state index is 5.11. The summed E-state index contributed by atoms with van der Waals surface area (Å²) in [6.07, 6.45) is 12.2. The molecule has 0 atom stereocenters. The van der Waals surface area contributed by atoms with Crippen LogP contribution in [0, 0.1) is 0 Å². The molecule has 0 spiro atoms. The average Bonchev–Trinajstić information content (AvgIpc) is 2.63. The number of aromatic nitrogens is 1. The van der Waals surface area contributed by atoms with Crippen molar-refractivity contribution in [1.82, 2.24) is 4.98 Å². The summed E-state index contributed by atoms with van der Waals surface area (Å²) in [4.78, 5) is 5.11. The van der Waals surface area contributed by atoms with Crippen LogP contribution in [0.15, 0.2) is 36.4 Å². The monoisotopic (exact) mass is 307 g/mol. The highest BCUT2D eigenvalue weighted by Gasteiger charge is 2.22. The molecule has 2 aliphatic rings. The van der Waals surface area contributed by atoms with E-state index >= 15 is 0 Å². The molecule has 0 amide bonds. The Balaban J connectivity index is 1.99. The lowest BCUT2D eigenvalue weighted by Crippen LogP contribution is -2.04. The number of aryl methyl sites for hydroxylation is 1. The van der Waals surface area contributed by atoms with E-state index in [1.54, 1.807) is 0 Å². The smallest absolute Gasteiger partial charge is 0.0721 e. The molecule has 0 saturated heterocycles. The van der Waals surface area contributed by atoms with Gasteiger partial charge in [-0.1, -0.05) is 49.4 Å². The van der Waals surface area contributed by atoms with E-state index < -0.39 is 0 Å². The first-order valence-corrected chi connectivity index (χ1v) is 8.84. The van der Waals surface area contributed by atoms with E-state index in [9.17, 15) is 0 Å². The van der Waals surface area contributed by atoms with Gasteiger partial charge in [0.15, 0.2) is 0 Å². The first-order valence-electron chi connectivity index (χ1n) is 8.84. The highest BCUT2D eigenvalue weighted by atomic mass is 14.7. The van der Waals surface area contributed by atoms with Crippen molar-refractivity contribution in [2.24, 2.45) is 0 Å². The van der Waals surface area contributed by atoms with Gasteiger partial charge in [-0.3, -0.25) is 4.98 Å². The van der Waals surface area contributed by atoms with Gasteiger partial charge in [0.1, 0.15) is 0 Å². The van der Waals surface area contributed by atoms with Gasteiger partial charge in [0.25, 0.3) is 0 Å². The van der Waals surface area contributed by atoms with Gasteiger partial charge in [0, 0.05) is 22.6 Å². The number of allylic oxidation sites excluding steroid dienone is 2. The number of hydrogen-bond donors (Lipinski definition) is 0. The Bertz CT molecular complexity index is 1220. The van der Waals surface area contributed by atoms with Gasteiger partial charge in [0.2, 0.25) is 0 Å². The minimum absolute atomic E-state index is 0.942. The lowest BCUT2D eigenvalue weighted by Gasteiger charge is -2.23. The van der Waals surface area contributed by atoms with Gasteiger partial charge in [-0.05, 0) is 51.9 Å². The normalized spacial score (nSPS) is 15.2.